The first-order valence-corrected chi connectivity index (χ1v) is 17.4. The van der Waals surface area contributed by atoms with Crippen LogP contribution in [0.4, 0.5) is 11.4 Å². The van der Waals surface area contributed by atoms with Gasteiger partial charge < -0.3 is 14.8 Å². The average molecular weight is 642 g/mol. The molecule has 0 fully saturated rings. The number of halogens is 1. The van der Waals surface area contributed by atoms with Crippen molar-refractivity contribution in [3.63, 3.8) is 0 Å². The molecule has 3 aromatic rings. The van der Waals surface area contributed by atoms with Crippen molar-refractivity contribution in [1.29, 1.82) is 0 Å². The Morgan fingerprint density at radius 3 is 2.42 bits per heavy atom. The molecule has 0 aliphatic carbocycles. The van der Waals surface area contributed by atoms with Gasteiger partial charge in [0.15, 0.2) is 0 Å². The molecule has 14 heteroatoms. The van der Waals surface area contributed by atoms with Crippen molar-refractivity contribution in [1.82, 2.24) is 4.57 Å². The number of rotatable bonds is 13. The summed E-state index contributed by atoms with van der Waals surface area (Å²) in [5.41, 5.74) is 2.55. The lowest BCUT2D eigenvalue weighted by Crippen LogP contribution is -2.21. The van der Waals surface area contributed by atoms with E-state index in [4.69, 9.17) is 16.2 Å². The molecule has 3 N–H and O–H groups in total. The van der Waals surface area contributed by atoms with Crippen LogP contribution >= 0.6 is 35.1 Å². The van der Waals surface area contributed by atoms with E-state index in [1.54, 1.807) is 6.07 Å². The third-order valence-corrected chi connectivity index (χ3v) is 9.67. The van der Waals surface area contributed by atoms with E-state index in [9.17, 15) is 21.4 Å². The average Bonchev–Trinajstić information content (AvgIpc) is 3.50. The van der Waals surface area contributed by atoms with Crippen molar-refractivity contribution in [3.05, 3.63) is 88.5 Å². The molecule has 0 unspecified atom stereocenters. The smallest absolute Gasteiger partial charge is 0.264 e. The molecule has 0 atom stereocenters. The molecular formula is C26H28ClN3O6S4. The van der Waals surface area contributed by atoms with Gasteiger partial charge in [-0.05, 0) is 67.4 Å². The van der Waals surface area contributed by atoms with Crippen LogP contribution in [0.2, 0.25) is 5.02 Å². The van der Waals surface area contributed by atoms with Crippen LogP contribution in [0, 0.1) is 0 Å². The van der Waals surface area contributed by atoms with Gasteiger partial charge in [-0.15, -0.1) is 0 Å². The summed E-state index contributed by atoms with van der Waals surface area (Å²) in [6.45, 7) is 4.92. The number of nitrogens with zero attached hydrogens (tertiary/aromatic N) is 2. The van der Waals surface area contributed by atoms with Gasteiger partial charge in [0, 0.05) is 50.9 Å². The van der Waals surface area contributed by atoms with Gasteiger partial charge in [-0.2, -0.15) is 16.8 Å². The van der Waals surface area contributed by atoms with E-state index >= 15 is 0 Å². The molecule has 40 heavy (non-hydrogen) atoms. The molecule has 0 saturated carbocycles. The van der Waals surface area contributed by atoms with Crippen LogP contribution in [-0.4, -0.2) is 55.1 Å². The van der Waals surface area contributed by atoms with Gasteiger partial charge in [0.1, 0.15) is 0 Å². The van der Waals surface area contributed by atoms with Gasteiger partial charge in [-0.25, -0.2) is 0 Å². The van der Waals surface area contributed by atoms with Crippen molar-refractivity contribution in [2.75, 3.05) is 34.8 Å². The van der Waals surface area contributed by atoms with Crippen molar-refractivity contribution in [2.45, 2.75) is 22.6 Å². The minimum Gasteiger partial charge on any atom is -0.384 e. The summed E-state index contributed by atoms with van der Waals surface area (Å²) in [5, 5.41) is 4.68. The molecule has 0 amide bonds. The fourth-order valence-electron chi connectivity index (χ4n) is 4.02. The summed E-state index contributed by atoms with van der Waals surface area (Å²) in [7, 11) is -8.13. The lowest BCUT2D eigenvalue weighted by molar-refractivity contribution is 0.479. The van der Waals surface area contributed by atoms with Crippen LogP contribution in [0.1, 0.15) is 12.8 Å². The second kappa shape index (κ2) is 13.1. The predicted octanol–water partition coefficient (Wildman–Crippen LogP) is 6.16. The van der Waals surface area contributed by atoms with E-state index < -0.39 is 20.2 Å². The second-order valence-electron chi connectivity index (χ2n) is 8.89. The van der Waals surface area contributed by atoms with Gasteiger partial charge in [0.25, 0.3) is 20.2 Å². The Kier molecular flexibility index (Phi) is 9.98. The highest BCUT2D eigenvalue weighted by Gasteiger charge is 2.26. The Balaban J connectivity index is 1.55. The van der Waals surface area contributed by atoms with Gasteiger partial charge >= 0.3 is 0 Å². The molecule has 2 heterocycles. The van der Waals surface area contributed by atoms with Crippen LogP contribution in [0.5, 0.6) is 0 Å². The Bertz CT molecular complexity index is 1620. The van der Waals surface area contributed by atoms with Crippen molar-refractivity contribution < 1.29 is 25.9 Å². The fraction of sp³-hybridized carbons (Fsp3) is 0.231. The van der Waals surface area contributed by atoms with Crippen molar-refractivity contribution in [2.24, 2.45) is 0 Å². The monoisotopic (exact) mass is 641 g/mol. The molecule has 0 saturated heterocycles. The molecule has 214 valence electrons. The Morgan fingerprint density at radius 2 is 1.73 bits per heavy atom. The molecule has 0 radical (unpaired) electrons. The zero-order valence-corrected chi connectivity index (χ0v) is 25.3. The molecule has 4 rings (SSSR count). The highest BCUT2D eigenvalue weighted by atomic mass is 35.5. The third-order valence-electron chi connectivity index (χ3n) is 5.76. The SMILES string of the molecule is C=C(C=C1Sc2ccc(Cl)cc2N1CCCS(=O)(=O)O)Sc1ccc(-n2cccc2)cc1NCCCS(=O)(=O)O. The normalized spacial score (nSPS) is 14.5. The van der Waals surface area contributed by atoms with Crippen molar-refractivity contribution >= 4 is 66.7 Å². The standard InChI is InChI=1S/C26H28ClN3O6S4/c1-19(16-26-30(13-5-15-40(34,35)36)23-17-20(27)6-8-25(23)38-26)37-24-9-7-21(29-11-2-3-12-29)18-22(24)28-10-4-14-39(31,32)33/h2-3,6-9,11-12,16-18,28H,1,4-5,10,13-15H2,(H,31,32,33)(H,34,35,36). The summed E-state index contributed by atoms with van der Waals surface area (Å²) in [6, 6.07) is 15.2. The lowest BCUT2D eigenvalue weighted by Gasteiger charge is -2.21. The van der Waals surface area contributed by atoms with Gasteiger partial charge in [-0.1, -0.05) is 41.7 Å². The van der Waals surface area contributed by atoms with E-state index in [0.717, 1.165) is 36.8 Å². The minimum atomic E-state index is -4.08. The highest BCUT2D eigenvalue weighted by molar-refractivity contribution is 8.04. The predicted molar refractivity (Wildman–Crippen MR) is 164 cm³/mol. The second-order valence-corrected chi connectivity index (χ2v) is 14.7. The van der Waals surface area contributed by atoms with E-state index in [0.29, 0.717) is 18.1 Å². The lowest BCUT2D eigenvalue weighted by atomic mass is 10.2. The van der Waals surface area contributed by atoms with E-state index in [2.05, 4.69) is 11.9 Å². The summed E-state index contributed by atoms with van der Waals surface area (Å²) in [6.07, 6.45) is 6.22. The number of fused-ring (bicyclic) bond motifs is 1. The maximum absolute atomic E-state index is 11.3. The van der Waals surface area contributed by atoms with Gasteiger partial charge in [0.2, 0.25) is 0 Å². The number of benzene rings is 2. The first kappa shape index (κ1) is 30.6. The highest BCUT2D eigenvalue weighted by Crippen LogP contribution is 2.48. The number of thioether (sulfide) groups is 2. The number of aromatic nitrogens is 1. The zero-order valence-electron chi connectivity index (χ0n) is 21.2. The first-order valence-electron chi connectivity index (χ1n) is 12.1. The maximum Gasteiger partial charge on any atom is 0.264 e. The van der Waals surface area contributed by atoms with Gasteiger partial charge in [0.05, 0.1) is 27.9 Å². The number of anilines is 2. The van der Waals surface area contributed by atoms with E-state index in [1.165, 1.54) is 23.5 Å². The van der Waals surface area contributed by atoms with Crippen LogP contribution in [0.25, 0.3) is 5.69 Å². The molecule has 2 aromatic carbocycles. The quantitative estimate of drug-likeness (QED) is 0.113. The molecule has 1 aliphatic heterocycles. The van der Waals surface area contributed by atoms with E-state index in [-0.39, 0.29) is 24.3 Å². The Labute approximate surface area is 247 Å². The zero-order chi connectivity index (χ0) is 28.9. The summed E-state index contributed by atoms with van der Waals surface area (Å²) in [5.74, 6) is -0.693. The van der Waals surface area contributed by atoms with Crippen LogP contribution in [0.3, 0.4) is 0 Å². The number of nitrogens with one attached hydrogen (secondary N) is 1. The van der Waals surface area contributed by atoms with E-state index in [1.807, 2.05) is 70.4 Å². The van der Waals surface area contributed by atoms with Gasteiger partial charge in [-0.3, -0.25) is 9.11 Å². The number of hydrogen-bond acceptors (Lipinski definition) is 8. The Morgan fingerprint density at radius 1 is 1.02 bits per heavy atom. The van der Waals surface area contributed by atoms with Crippen molar-refractivity contribution in [3.8, 4) is 5.69 Å². The van der Waals surface area contributed by atoms with Crippen LogP contribution < -0.4 is 10.2 Å². The molecular weight excluding hydrogens is 614 g/mol. The summed E-state index contributed by atoms with van der Waals surface area (Å²) < 4.78 is 65.0. The minimum absolute atomic E-state index is 0.223. The number of allylic oxidation sites excluding steroid dienone is 1. The van der Waals surface area contributed by atoms with Crippen LogP contribution in [0.15, 0.2) is 93.3 Å². The topological polar surface area (TPSA) is 129 Å². The molecule has 9 nitrogen and oxygen atoms in total. The first-order chi connectivity index (χ1) is 18.9. The molecule has 1 aliphatic rings. The maximum atomic E-state index is 11.3. The summed E-state index contributed by atoms with van der Waals surface area (Å²) >= 11 is 9.17. The molecule has 0 bridgehead atoms. The van der Waals surface area contributed by atoms with Crippen LogP contribution in [-0.2, 0) is 20.2 Å². The molecule has 0 spiro atoms. The molecule has 1 aromatic heterocycles. The fourth-order valence-corrected chi connectivity index (χ4v) is 7.23. The number of hydrogen-bond donors (Lipinski definition) is 3. The Hall–Kier alpha value is -2.39. The third kappa shape index (κ3) is 8.80. The summed E-state index contributed by atoms with van der Waals surface area (Å²) in [4.78, 5) is 4.52. The largest absolute Gasteiger partial charge is 0.384 e.